The molecule has 1 N–H and O–H groups in total. The summed E-state index contributed by atoms with van der Waals surface area (Å²) in [6.07, 6.45) is 0. The first-order valence-corrected chi connectivity index (χ1v) is 6.79. The molecule has 1 aromatic carbocycles. The zero-order valence-corrected chi connectivity index (χ0v) is 11.3. The first-order valence-electron chi connectivity index (χ1n) is 4.55. The topological polar surface area (TPSA) is 64.6 Å². The highest BCUT2D eigenvalue weighted by Gasteiger charge is 2.18. The van der Waals surface area contributed by atoms with Gasteiger partial charge in [-0.3, -0.25) is 4.84 Å². The monoisotopic (exact) mass is 299 g/mol. The number of benzene rings is 1. The minimum Gasteiger partial charge on any atom is -0.382 e. The molecule has 0 spiro atoms. The van der Waals surface area contributed by atoms with Crippen molar-refractivity contribution >= 4 is 33.2 Å². The number of nitrogens with one attached hydrogen (secondary N) is 1. The number of methoxy groups -OCH3 is 1. The highest BCUT2D eigenvalue weighted by Crippen LogP contribution is 2.24. The van der Waals surface area contributed by atoms with E-state index in [4.69, 9.17) is 32.8 Å². The van der Waals surface area contributed by atoms with E-state index in [2.05, 4.69) is 0 Å². The van der Waals surface area contributed by atoms with Gasteiger partial charge < -0.3 is 4.74 Å². The summed E-state index contributed by atoms with van der Waals surface area (Å²) in [5, 5.41) is 0.337. The van der Waals surface area contributed by atoms with Crippen LogP contribution < -0.4 is 4.89 Å². The van der Waals surface area contributed by atoms with Crippen LogP contribution in [-0.2, 0) is 19.6 Å². The number of hydrogen-bond acceptors (Lipinski definition) is 4. The molecule has 0 aliphatic carbocycles. The molecule has 96 valence electrons. The maximum absolute atomic E-state index is 11.7. The van der Waals surface area contributed by atoms with Gasteiger partial charge in [0.25, 0.3) is 10.0 Å². The second-order valence-corrected chi connectivity index (χ2v) is 5.46. The molecular weight excluding hydrogens is 289 g/mol. The zero-order chi connectivity index (χ0) is 12.9. The van der Waals surface area contributed by atoms with Gasteiger partial charge >= 0.3 is 0 Å². The average Bonchev–Trinajstić information content (AvgIpc) is 2.28. The second kappa shape index (κ2) is 6.53. The lowest BCUT2D eigenvalue weighted by Gasteiger charge is -2.08. The number of rotatable bonds is 6. The Balaban J connectivity index is 2.79. The molecular formula is C9H11Cl2NO4S. The summed E-state index contributed by atoms with van der Waals surface area (Å²) in [6, 6.07) is 4.13. The van der Waals surface area contributed by atoms with Gasteiger partial charge in [-0.1, -0.05) is 28.1 Å². The Morgan fingerprint density at radius 3 is 2.65 bits per heavy atom. The Hall–Kier alpha value is -0.370. The fraction of sp³-hybridized carbons (Fsp3) is 0.333. The van der Waals surface area contributed by atoms with Gasteiger partial charge in [-0.2, -0.15) is 0 Å². The fourth-order valence-corrected chi connectivity index (χ4v) is 2.57. The van der Waals surface area contributed by atoms with E-state index in [0.29, 0.717) is 0 Å². The summed E-state index contributed by atoms with van der Waals surface area (Å²) >= 11 is 11.5. The zero-order valence-electron chi connectivity index (χ0n) is 8.94. The summed E-state index contributed by atoms with van der Waals surface area (Å²) in [5.74, 6) is 0. The molecule has 0 unspecified atom stereocenters. The van der Waals surface area contributed by atoms with Crippen molar-refractivity contribution in [3.8, 4) is 0 Å². The van der Waals surface area contributed by atoms with Crippen LogP contribution in [0.4, 0.5) is 0 Å². The number of hydrogen-bond donors (Lipinski definition) is 1. The van der Waals surface area contributed by atoms with E-state index >= 15 is 0 Å². The lowest BCUT2D eigenvalue weighted by Crippen LogP contribution is -2.26. The Labute approximate surface area is 110 Å². The van der Waals surface area contributed by atoms with Crippen molar-refractivity contribution in [3.63, 3.8) is 0 Å². The molecule has 0 aliphatic rings. The summed E-state index contributed by atoms with van der Waals surface area (Å²) in [7, 11) is -2.36. The summed E-state index contributed by atoms with van der Waals surface area (Å²) in [6.45, 7) is 0.361. The Morgan fingerprint density at radius 1 is 1.29 bits per heavy atom. The molecule has 8 heteroatoms. The van der Waals surface area contributed by atoms with Crippen LogP contribution >= 0.6 is 23.2 Å². The summed E-state index contributed by atoms with van der Waals surface area (Å²) in [5.41, 5.74) is 0. The molecule has 0 amide bonds. The maximum Gasteiger partial charge on any atom is 0.264 e. The molecule has 5 nitrogen and oxygen atoms in total. The van der Waals surface area contributed by atoms with Gasteiger partial charge in [0.1, 0.15) is 4.90 Å². The van der Waals surface area contributed by atoms with Crippen LogP contribution in [0, 0.1) is 0 Å². The van der Waals surface area contributed by atoms with Gasteiger partial charge in [0.05, 0.1) is 18.2 Å². The lowest BCUT2D eigenvalue weighted by molar-refractivity contribution is 0.0438. The standard InChI is InChI=1S/C9H11Cl2NO4S/c1-15-4-5-16-12-17(13,14)9-6-7(10)2-3-8(9)11/h2-3,6,12H,4-5H2,1H3. The van der Waals surface area contributed by atoms with Gasteiger partial charge in [0.2, 0.25) is 0 Å². The lowest BCUT2D eigenvalue weighted by atomic mass is 10.4. The van der Waals surface area contributed by atoms with Gasteiger partial charge in [0, 0.05) is 12.1 Å². The predicted octanol–water partition coefficient (Wildman–Crippen LogP) is 1.85. The molecule has 0 heterocycles. The van der Waals surface area contributed by atoms with Gasteiger partial charge in [-0.15, -0.1) is 0 Å². The van der Waals surface area contributed by atoms with Gasteiger partial charge in [-0.25, -0.2) is 8.42 Å². The molecule has 0 aromatic heterocycles. The van der Waals surface area contributed by atoms with Crippen LogP contribution in [0.1, 0.15) is 0 Å². The van der Waals surface area contributed by atoms with Crippen LogP contribution in [0.5, 0.6) is 0 Å². The molecule has 1 rings (SSSR count). The van der Waals surface area contributed by atoms with Crippen LogP contribution in [-0.4, -0.2) is 28.7 Å². The third-order valence-corrected chi connectivity index (χ3v) is 3.67. The first-order chi connectivity index (χ1) is 7.97. The van der Waals surface area contributed by atoms with E-state index in [1.54, 1.807) is 0 Å². The fourth-order valence-electron chi connectivity index (χ4n) is 0.972. The molecule has 0 radical (unpaired) electrons. The normalized spacial score (nSPS) is 11.7. The smallest absolute Gasteiger partial charge is 0.264 e. The van der Waals surface area contributed by atoms with Crippen molar-refractivity contribution < 1.29 is 18.0 Å². The molecule has 0 bridgehead atoms. The van der Waals surface area contributed by atoms with E-state index < -0.39 is 10.0 Å². The first kappa shape index (κ1) is 14.7. The van der Waals surface area contributed by atoms with Crippen molar-refractivity contribution in [2.24, 2.45) is 0 Å². The van der Waals surface area contributed by atoms with Crippen molar-refractivity contribution in [2.75, 3.05) is 20.3 Å². The highest BCUT2D eigenvalue weighted by molar-refractivity contribution is 7.89. The maximum atomic E-state index is 11.7. The Bertz CT molecular complexity index is 478. The van der Waals surface area contributed by atoms with Gasteiger partial charge in [0.15, 0.2) is 0 Å². The number of ether oxygens (including phenoxy) is 1. The van der Waals surface area contributed by atoms with Crippen molar-refractivity contribution in [3.05, 3.63) is 28.2 Å². The van der Waals surface area contributed by atoms with E-state index in [1.807, 2.05) is 4.89 Å². The average molecular weight is 300 g/mol. The molecule has 0 saturated heterocycles. The van der Waals surface area contributed by atoms with Crippen LogP contribution in [0.15, 0.2) is 23.1 Å². The number of halogens is 2. The van der Waals surface area contributed by atoms with Crippen molar-refractivity contribution in [1.29, 1.82) is 0 Å². The molecule has 1 aromatic rings. The molecule has 0 saturated carbocycles. The molecule has 0 fully saturated rings. The largest absolute Gasteiger partial charge is 0.382 e. The van der Waals surface area contributed by atoms with E-state index in [-0.39, 0.29) is 28.2 Å². The summed E-state index contributed by atoms with van der Waals surface area (Å²) < 4.78 is 28.2. The predicted molar refractivity (Wildman–Crippen MR) is 64.6 cm³/mol. The third-order valence-electron chi connectivity index (χ3n) is 1.74. The Kier molecular flexibility index (Phi) is 5.64. The summed E-state index contributed by atoms with van der Waals surface area (Å²) in [4.78, 5) is 6.52. The Morgan fingerprint density at radius 2 is 2.00 bits per heavy atom. The molecule has 17 heavy (non-hydrogen) atoms. The number of sulfonamides is 1. The van der Waals surface area contributed by atoms with Crippen molar-refractivity contribution in [2.45, 2.75) is 4.90 Å². The minimum atomic E-state index is -3.84. The second-order valence-electron chi connectivity index (χ2n) is 3.00. The highest BCUT2D eigenvalue weighted by atomic mass is 35.5. The SMILES string of the molecule is COCCONS(=O)(=O)c1cc(Cl)ccc1Cl. The third kappa shape index (κ3) is 4.42. The molecule has 0 atom stereocenters. The van der Waals surface area contributed by atoms with Gasteiger partial charge in [-0.05, 0) is 18.2 Å². The van der Waals surface area contributed by atoms with Crippen LogP contribution in [0.25, 0.3) is 0 Å². The quantitative estimate of drug-likeness (QED) is 0.643. The van der Waals surface area contributed by atoms with Crippen LogP contribution in [0.3, 0.4) is 0 Å². The minimum absolute atomic E-state index is 0.0669. The van der Waals surface area contributed by atoms with E-state index in [1.165, 1.54) is 25.3 Å². The van der Waals surface area contributed by atoms with Crippen LogP contribution in [0.2, 0.25) is 10.0 Å². The van der Waals surface area contributed by atoms with Crippen molar-refractivity contribution in [1.82, 2.24) is 4.89 Å². The molecule has 0 aliphatic heterocycles. The van der Waals surface area contributed by atoms with E-state index in [9.17, 15) is 8.42 Å². The van der Waals surface area contributed by atoms with E-state index in [0.717, 1.165) is 0 Å².